The number of para-hydroxylation sites is 1. The highest BCUT2D eigenvalue weighted by atomic mass is 127. The Kier molecular flexibility index (Phi) is 10.1. The molecule has 1 aromatic heterocycles. The van der Waals surface area contributed by atoms with E-state index in [0.29, 0.717) is 6.61 Å². The Labute approximate surface area is 160 Å². The Morgan fingerprint density at radius 2 is 1.88 bits per heavy atom. The van der Waals surface area contributed by atoms with Gasteiger partial charge in [0.15, 0.2) is 5.96 Å². The van der Waals surface area contributed by atoms with Gasteiger partial charge in [-0.05, 0) is 25.1 Å². The maximum Gasteiger partial charge on any atom is 0.191 e. The fraction of sp³-hybridized carbons (Fsp3) is 0.412. The van der Waals surface area contributed by atoms with E-state index < -0.39 is 0 Å². The zero-order chi connectivity index (χ0) is 16.3. The summed E-state index contributed by atoms with van der Waals surface area (Å²) in [6, 6.07) is 12.2. The van der Waals surface area contributed by atoms with Gasteiger partial charge >= 0.3 is 0 Å². The number of ether oxygens (including phenoxy) is 1. The number of nitrogens with one attached hydrogen (secondary N) is 3. The summed E-state index contributed by atoms with van der Waals surface area (Å²) >= 11 is 0. The number of guanidine groups is 1. The molecule has 2 aromatic rings. The van der Waals surface area contributed by atoms with Gasteiger partial charge in [-0.2, -0.15) is 0 Å². The number of fused-ring (bicyclic) bond motifs is 1. The molecule has 0 unspecified atom stereocenters. The van der Waals surface area contributed by atoms with Crippen LogP contribution >= 0.6 is 24.0 Å². The Bertz CT molecular complexity index is 635. The maximum atomic E-state index is 5.28. The van der Waals surface area contributed by atoms with E-state index in [-0.39, 0.29) is 24.0 Å². The Balaban J connectivity index is 0.00000288. The normalized spacial score (nSPS) is 11.0. The van der Waals surface area contributed by atoms with Crippen LogP contribution in [0.5, 0.6) is 0 Å². The van der Waals surface area contributed by atoms with Crippen molar-refractivity contribution in [1.29, 1.82) is 0 Å². The Hall–Kier alpha value is -1.61. The molecule has 0 saturated carbocycles. The minimum Gasteiger partial charge on any atom is -0.380 e. The van der Waals surface area contributed by atoms with Gasteiger partial charge in [-0.15, -0.1) is 24.0 Å². The number of hydrogen-bond donors (Lipinski definition) is 3. The van der Waals surface area contributed by atoms with Gasteiger partial charge in [0.05, 0.1) is 12.1 Å². The first-order valence-corrected chi connectivity index (χ1v) is 7.95. The average Bonchev–Trinajstić information content (AvgIpc) is 2.60. The topological polar surface area (TPSA) is 70.6 Å². The van der Waals surface area contributed by atoms with Gasteiger partial charge in [-0.3, -0.25) is 4.99 Å². The summed E-state index contributed by atoms with van der Waals surface area (Å²) in [6.07, 6.45) is 0. The lowest BCUT2D eigenvalue weighted by Crippen LogP contribution is -2.40. The lowest BCUT2D eigenvalue weighted by molar-refractivity contribution is 0.152. The molecular weight excluding hydrogens is 417 g/mol. The van der Waals surface area contributed by atoms with E-state index in [1.807, 2.05) is 31.2 Å². The lowest BCUT2D eigenvalue weighted by Gasteiger charge is -2.12. The summed E-state index contributed by atoms with van der Waals surface area (Å²) in [6.45, 7) is 5.65. The predicted molar refractivity (Wildman–Crippen MR) is 112 cm³/mol. The second-order valence-electron chi connectivity index (χ2n) is 4.94. The standard InChI is InChI=1S/C17H25N5O.HI/c1-3-23-13-12-21-17(18-2)20-11-10-19-16-9-8-14-6-4-5-7-15(14)22-16;/h4-9H,3,10-13H2,1-2H3,(H,19,22)(H2,18,20,21);1H. The van der Waals surface area contributed by atoms with Gasteiger partial charge in [0.2, 0.25) is 0 Å². The second kappa shape index (κ2) is 11.9. The molecule has 0 aliphatic carbocycles. The smallest absolute Gasteiger partial charge is 0.191 e. The van der Waals surface area contributed by atoms with Crippen molar-refractivity contribution in [2.24, 2.45) is 4.99 Å². The molecule has 3 N–H and O–H groups in total. The summed E-state index contributed by atoms with van der Waals surface area (Å²) in [4.78, 5) is 8.75. The third kappa shape index (κ3) is 6.88. The Morgan fingerprint density at radius 1 is 1.08 bits per heavy atom. The van der Waals surface area contributed by atoms with Crippen molar-refractivity contribution in [2.45, 2.75) is 6.92 Å². The van der Waals surface area contributed by atoms with Gasteiger partial charge in [0.25, 0.3) is 0 Å². The lowest BCUT2D eigenvalue weighted by atomic mass is 10.2. The van der Waals surface area contributed by atoms with Crippen LogP contribution in [0, 0.1) is 0 Å². The predicted octanol–water partition coefficient (Wildman–Crippen LogP) is 2.47. The minimum atomic E-state index is 0. The van der Waals surface area contributed by atoms with Crippen molar-refractivity contribution in [1.82, 2.24) is 15.6 Å². The van der Waals surface area contributed by atoms with Crippen LogP contribution in [-0.2, 0) is 4.74 Å². The highest BCUT2D eigenvalue weighted by molar-refractivity contribution is 14.0. The SMILES string of the molecule is CCOCCNC(=NC)NCCNc1ccc2ccccc2n1.I. The van der Waals surface area contributed by atoms with Crippen molar-refractivity contribution < 1.29 is 4.74 Å². The quantitative estimate of drug-likeness (QED) is 0.253. The highest BCUT2D eigenvalue weighted by Crippen LogP contribution is 2.13. The molecule has 6 nitrogen and oxygen atoms in total. The number of aliphatic imine (C=N–C) groups is 1. The molecule has 0 fully saturated rings. The van der Waals surface area contributed by atoms with Crippen LogP contribution in [0.2, 0.25) is 0 Å². The van der Waals surface area contributed by atoms with Crippen LogP contribution < -0.4 is 16.0 Å². The molecule has 7 heteroatoms. The largest absolute Gasteiger partial charge is 0.380 e. The molecule has 0 aliphatic heterocycles. The van der Waals surface area contributed by atoms with E-state index in [1.165, 1.54) is 0 Å². The zero-order valence-electron chi connectivity index (χ0n) is 14.2. The average molecular weight is 443 g/mol. The van der Waals surface area contributed by atoms with Gasteiger partial charge < -0.3 is 20.7 Å². The highest BCUT2D eigenvalue weighted by Gasteiger charge is 1.99. The van der Waals surface area contributed by atoms with Crippen LogP contribution in [0.3, 0.4) is 0 Å². The zero-order valence-corrected chi connectivity index (χ0v) is 16.5. The van der Waals surface area contributed by atoms with Crippen molar-refractivity contribution >= 4 is 46.7 Å². The summed E-state index contributed by atoms with van der Waals surface area (Å²) < 4.78 is 5.28. The fourth-order valence-corrected chi connectivity index (χ4v) is 2.14. The van der Waals surface area contributed by atoms with Crippen LogP contribution in [0.4, 0.5) is 5.82 Å². The fourth-order valence-electron chi connectivity index (χ4n) is 2.14. The van der Waals surface area contributed by atoms with Crippen LogP contribution in [0.1, 0.15) is 6.92 Å². The summed E-state index contributed by atoms with van der Waals surface area (Å²) in [7, 11) is 1.76. The molecule has 0 bridgehead atoms. The van der Waals surface area contributed by atoms with E-state index in [9.17, 15) is 0 Å². The molecule has 1 aromatic carbocycles. The molecule has 0 spiro atoms. The molecule has 24 heavy (non-hydrogen) atoms. The third-order valence-electron chi connectivity index (χ3n) is 3.29. The number of halogens is 1. The number of anilines is 1. The van der Waals surface area contributed by atoms with Crippen LogP contribution in [-0.4, -0.2) is 50.8 Å². The summed E-state index contributed by atoms with van der Waals surface area (Å²) in [5.41, 5.74) is 0.999. The molecule has 0 radical (unpaired) electrons. The molecule has 0 saturated heterocycles. The van der Waals surface area contributed by atoms with Crippen LogP contribution in [0.15, 0.2) is 41.4 Å². The summed E-state index contributed by atoms with van der Waals surface area (Å²) in [5.74, 6) is 1.66. The first kappa shape index (κ1) is 20.4. The van der Waals surface area contributed by atoms with Gasteiger partial charge in [-0.1, -0.05) is 18.2 Å². The number of nitrogens with zero attached hydrogens (tertiary/aromatic N) is 2. The van der Waals surface area contributed by atoms with Crippen molar-refractivity contribution in [3.8, 4) is 0 Å². The monoisotopic (exact) mass is 443 g/mol. The van der Waals surface area contributed by atoms with Crippen LogP contribution in [0.25, 0.3) is 10.9 Å². The number of hydrogen-bond acceptors (Lipinski definition) is 4. The number of rotatable bonds is 8. The first-order chi connectivity index (χ1) is 11.3. The summed E-state index contributed by atoms with van der Waals surface area (Å²) in [5, 5.41) is 10.9. The molecule has 1 heterocycles. The number of aromatic nitrogens is 1. The third-order valence-corrected chi connectivity index (χ3v) is 3.29. The molecule has 0 aliphatic rings. The van der Waals surface area contributed by atoms with E-state index in [4.69, 9.17) is 4.74 Å². The molecular formula is C17H26IN5O. The van der Waals surface area contributed by atoms with Crippen molar-refractivity contribution in [3.05, 3.63) is 36.4 Å². The van der Waals surface area contributed by atoms with Crippen molar-refractivity contribution in [3.63, 3.8) is 0 Å². The van der Waals surface area contributed by atoms with E-state index >= 15 is 0 Å². The van der Waals surface area contributed by atoms with Gasteiger partial charge in [-0.25, -0.2) is 4.98 Å². The second-order valence-corrected chi connectivity index (χ2v) is 4.94. The first-order valence-electron chi connectivity index (χ1n) is 7.95. The number of benzene rings is 1. The minimum absolute atomic E-state index is 0. The molecule has 0 atom stereocenters. The van der Waals surface area contributed by atoms with E-state index in [2.05, 4.69) is 38.1 Å². The van der Waals surface area contributed by atoms with Gasteiger partial charge in [0, 0.05) is 38.7 Å². The molecule has 0 amide bonds. The molecule has 132 valence electrons. The van der Waals surface area contributed by atoms with Gasteiger partial charge in [0.1, 0.15) is 5.82 Å². The number of pyridine rings is 1. The Morgan fingerprint density at radius 3 is 2.67 bits per heavy atom. The molecule has 2 rings (SSSR count). The van der Waals surface area contributed by atoms with E-state index in [0.717, 1.165) is 48.9 Å². The van der Waals surface area contributed by atoms with Crippen molar-refractivity contribution in [2.75, 3.05) is 45.2 Å². The van der Waals surface area contributed by atoms with E-state index in [1.54, 1.807) is 7.05 Å². The maximum absolute atomic E-state index is 5.28.